The van der Waals surface area contributed by atoms with E-state index in [2.05, 4.69) is 16.7 Å². The SMILES string of the molecule is COCCOc1cc(C)ccc1CN=C(NCC(=O)N(C)C)NC1CCCC1.I. The lowest BCUT2D eigenvalue weighted by atomic mass is 10.1. The standard InChI is InChI=1S/C21H34N4O3.HI/c1-16-9-10-17(19(13-16)28-12-11-27-4)14-22-21(23-15-20(26)25(2)3)24-18-7-5-6-8-18;/h9-10,13,18H,5-8,11-12,14-15H2,1-4H3,(H2,22,23,24);1H. The molecule has 7 nitrogen and oxygen atoms in total. The minimum absolute atomic E-state index is 0. The van der Waals surface area contributed by atoms with Crippen LogP contribution in [0.3, 0.4) is 0 Å². The number of guanidine groups is 1. The molecule has 1 aliphatic carbocycles. The molecule has 2 rings (SSSR count). The fourth-order valence-corrected chi connectivity index (χ4v) is 3.06. The van der Waals surface area contributed by atoms with Crippen molar-refractivity contribution >= 4 is 35.8 Å². The highest BCUT2D eigenvalue weighted by Crippen LogP contribution is 2.22. The summed E-state index contributed by atoms with van der Waals surface area (Å²) >= 11 is 0. The minimum atomic E-state index is 0. The molecule has 0 heterocycles. The molecule has 0 spiro atoms. The molecule has 0 aliphatic heterocycles. The van der Waals surface area contributed by atoms with E-state index in [1.165, 1.54) is 12.8 Å². The van der Waals surface area contributed by atoms with Crippen molar-refractivity contribution in [2.75, 3.05) is 41.0 Å². The predicted molar refractivity (Wildman–Crippen MR) is 127 cm³/mol. The second kappa shape index (κ2) is 13.6. The minimum Gasteiger partial charge on any atom is -0.491 e. The number of carbonyl (C=O) groups excluding carboxylic acids is 1. The highest BCUT2D eigenvalue weighted by molar-refractivity contribution is 14.0. The van der Waals surface area contributed by atoms with Crippen LogP contribution in [0.15, 0.2) is 23.2 Å². The second-order valence-corrected chi connectivity index (χ2v) is 7.38. The van der Waals surface area contributed by atoms with Gasteiger partial charge in [-0.25, -0.2) is 4.99 Å². The maximum atomic E-state index is 11.9. The Bertz CT molecular complexity index is 661. The van der Waals surface area contributed by atoms with E-state index in [9.17, 15) is 4.79 Å². The van der Waals surface area contributed by atoms with Crippen LogP contribution in [0, 0.1) is 6.92 Å². The van der Waals surface area contributed by atoms with Gasteiger partial charge >= 0.3 is 0 Å². The first-order valence-corrected chi connectivity index (χ1v) is 9.96. The van der Waals surface area contributed by atoms with Gasteiger partial charge in [-0.15, -0.1) is 24.0 Å². The molecule has 0 saturated heterocycles. The number of ether oxygens (including phenoxy) is 2. The first-order chi connectivity index (χ1) is 13.5. The number of rotatable bonds is 9. The Hall–Kier alpha value is -1.55. The Morgan fingerprint density at radius 1 is 1.24 bits per heavy atom. The highest BCUT2D eigenvalue weighted by atomic mass is 127. The van der Waals surface area contributed by atoms with Crippen LogP contribution < -0.4 is 15.4 Å². The predicted octanol–water partition coefficient (Wildman–Crippen LogP) is 2.70. The number of hydrogen-bond donors (Lipinski definition) is 2. The Morgan fingerprint density at radius 3 is 2.62 bits per heavy atom. The molecule has 0 radical (unpaired) electrons. The van der Waals surface area contributed by atoms with Crippen molar-refractivity contribution in [2.24, 2.45) is 4.99 Å². The van der Waals surface area contributed by atoms with Gasteiger partial charge in [-0.2, -0.15) is 0 Å². The lowest BCUT2D eigenvalue weighted by Crippen LogP contribution is -2.46. The van der Waals surface area contributed by atoms with Gasteiger partial charge in [0.2, 0.25) is 5.91 Å². The third-order valence-corrected chi connectivity index (χ3v) is 4.78. The zero-order valence-corrected chi connectivity index (χ0v) is 20.3. The van der Waals surface area contributed by atoms with E-state index in [1.54, 1.807) is 26.1 Å². The quantitative estimate of drug-likeness (QED) is 0.228. The van der Waals surface area contributed by atoms with Crippen molar-refractivity contribution in [3.63, 3.8) is 0 Å². The number of benzene rings is 1. The first kappa shape index (κ1) is 25.5. The van der Waals surface area contributed by atoms with E-state index < -0.39 is 0 Å². The molecule has 0 bridgehead atoms. The number of methoxy groups -OCH3 is 1. The molecule has 1 amide bonds. The summed E-state index contributed by atoms with van der Waals surface area (Å²) in [6.45, 7) is 3.77. The maximum absolute atomic E-state index is 11.9. The number of aliphatic imine (C=N–C) groups is 1. The summed E-state index contributed by atoms with van der Waals surface area (Å²) in [6, 6.07) is 6.53. The van der Waals surface area contributed by atoms with Crippen LogP contribution in [0.1, 0.15) is 36.8 Å². The molecule has 1 aromatic rings. The Balaban J connectivity index is 0.00000420. The van der Waals surface area contributed by atoms with Gasteiger partial charge < -0.3 is 25.0 Å². The average Bonchev–Trinajstić information content (AvgIpc) is 3.18. The van der Waals surface area contributed by atoms with Crippen LogP contribution in [-0.4, -0.2) is 63.8 Å². The van der Waals surface area contributed by atoms with Crippen LogP contribution in [0.25, 0.3) is 0 Å². The smallest absolute Gasteiger partial charge is 0.241 e. The molecule has 0 aromatic heterocycles. The maximum Gasteiger partial charge on any atom is 0.241 e. The highest BCUT2D eigenvalue weighted by Gasteiger charge is 2.17. The van der Waals surface area contributed by atoms with Gasteiger partial charge in [0.1, 0.15) is 12.4 Å². The molecule has 1 saturated carbocycles. The van der Waals surface area contributed by atoms with Gasteiger partial charge in [-0.3, -0.25) is 4.79 Å². The molecule has 8 heteroatoms. The summed E-state index contributed by atoms with van der Waals surface area (Å²) in [6.07, 6.45) is 4.74. The molecule has 2 N–H and O–H groups in total. The third kappa shape index (κ3) is 9.20. The van der Waals surface area contributed by atoms with Crippen LogP contribution in [0.4, 0.5) is 0 Å². The van der Waals surface area contributed by atoms with E-state index in [-0.39, 0.29) is 36.4 Å². The van der Waals surface area contributed by atoms with Gasteiger partial charge in [0.05, 0.1) is 19.7 Å². The number of carbonyl (C=O) groups is 1. The van der Waals surface area contributed by atoms with Crippen molar-refractivity contribution < 1.29 is 14.3 Å². The summed E-state index contributed by atoms with van der Waals surface area (Å²) in [7, 11) is 5.16. The monoisotopic (exact) mass is 518 g/mol. The lowest BCUT2D eigenvalue weighted by Gasteiger charge is -2.19. The number of amides is 1. The topological polar surface area (TPSA) is 75.2 Å². The average molecular weight is 518 g/mol. The summed E-state index contributed by atoms with van der Waals surface area (Å²) < 4.78 is 10.9. The molecule has 1 aliphatic rings. The van der Waals surface area contributed by atoms with Crippen molar-refractivity contribution in [1.29, 1.82) is 0 Å². The van der Waals surface area contributed by atoms with Gasteiger partial charge in [0.15, 0.2) is 5.96 Å². The summed E-state index contributed by atoms with van der Waals surface area (Å²) in [5, 5.41) is 6.64. The Kier molecular flexibility index (Phi) is 12.0. The van der Waals surface area contributed by atoms with E-state index in [0.717, 1.165) is 29.7 Å². The summed E-state index contributed by atoms with van der Waals surface area (Å²) in [5.74, 6) is 1.51. The summed E-state index contributed by atoms with van der Waals surface area (Å²) in [5.41, 5.74) is 2.15. The molecule has 0 unspecified atom stereocenters. The fourth-order valence-electron chi connectivity index (χ4n) is 3.06. The van der Waals surface area contributed by atoms with Crippen LogP contribution in [-0.2, 0) is 16.1 Å². The largest absolute Gasteiger partial charge is 0.491 e. The Morgan fingerprint density at radius 2 is 1.97 bits per heavy atom. The molecule has 29 heavy (non-hydrogen) atoms. The number of nitrogens with zero attached hydrogens (tertiary/aromatic N) is 2. The van der Waals surface area contributed by atoms with Crippen molar-refractivity contribution in [3.8, 4) is 5.75 Å². The van der Waals surface area contributed by atoms with E-state index in [0.29, 0.717) is 31.8 Å². The van der Waals surface area contributed by atoms with Crippen molar-refractivity contribution in [1.82, 2.24) is 15.5 Å². The number of hydrogen-bond acceptors (Lipinski definition) is 4. The van der Waals surface area contributed by atoms with Crippen LogP contribution in [0.2, 0.25) is 0 Å². The first-order valence-electron chi connectivity index (χ1n) is 9.96. The zero-order valence-electron chi connectivity index (χ0n) is 18.0. The Labute approximate surface area is 191 Å². The molecule has 1 fully saturated rings. The molecular formula is C21H35IN4O3. The van der Waals surface area contributed by atoms with Gasteiger partial charge in [0.25, 0.3) is 0 Å². The lowest BCUT2D eigenvalue weighted by molar-refractivity contribution is -0.127. The van der Waals surface area contributed by atoms with Gasteiger partial charge in [-0.05, 0) is 31.4 Å². The fraction of sp³-hybridized carbons (Fsp3) is 0.619. The molecule has 0 atom stereocenters. The van der Waals surface area contributed by atoms with E-state index in [1.807, 2.05) is 19.1 Å². The van der Waals surface area contributed by atoms with Crippen molar-refractivity contribution in [3.05, 3.63) is 29.3 Å². The van der Waals surface area contributed by atoms with Crippen molar-refractivity contribution in [2.45, 2.75) is 45.2 Å². The second-order valence-electron chi connectivity index (χ2n) is 7.38. The van der Waals surface area contributed by atoms with Gasteiger partial charge in [-0.1, -0.05) is 25.0 Å². The van der Waals surface area contributed by atoms with E-state index >= 15 is 0 Å². The van der Waals surface area contributed by atoms with Crippen LogP contribution >= 0.6 is 24.0 Å². The number of nitrogens with one attached hydrogen (secondary N) is 2. The summed E-state index contributed by atoms with van der Waals surface area (Å²) in [4.78, 5) is 18.2. The normalized spacial score (nSPS) is 14.3. The molecule has 1 aromatic carbocycles. The molecular weight excluding hydrogens is 483 g/mol. The number of aryl methyl sites for hydroxylation is 1. The van der Waals surface area contributed by atoms with Gasteiger partial charge in [0, 0.05) is 32.8 Å². The molecule has 164 valence electrons. The zero-order chi connectivity index (χ0) is 20.4. The number of halogens is 1. The third-order valence-electron chi connectivity index (χ3n) is 4.78. The van der Waals surface area contributed by atoms with E-state index in [4.69, 9.17) is 14.5 Å². The van der Waals surface area contributed by atoms with Crippen LogP contribution in [0.5, 0.6) is 5.75 Å². The number of likely N-dealkylation sites (N-methyl/N-ethyl adjacent to an activating group) is 1.